The van der Waals surface area contributed by atoms with E-state index in [0.29, 0.717) is 6.04 Å². The molecular formula is C18H29N3. The Bertz CT molecular complexity index is 438. The summed E-state index contributed by atoms with van der Waals surface area (Å²) in [7, 11) is 0. The van der Waals surface area contributed by atoms with Crippen molar-refractivity contribution in [1.82, 2.24) is 9.80 Å². The summed E-state index contributed by atoms with van der Waals surface area (Å²) in [6.07, 6.45) is 6.45. The van der Waals surface area contributed by atoms with Gasteiger partial charge in [0.25, 0.3) is 0 Å². The van der Waals surface area contributed by atoms with E-state index >= 15 is 0 Å². The Morgan fingerprint density at radius 3 is 2.67 bits per heavy atom. The Balaban J connectivity index is 1.65. The van der Waals surface area contributed by atoms with Crippen LogP contribution in [0.3, 0.4) is 0 Å². The van der Waals surface area contributed by atoms with Crippen molar-refractivity contribution in [2.75, 3.05) is 39.3 Å². The summed E-state index contributed by atoms with van der Waals surface area (Å²) in [5, 5.41) is 0. The highest BCUT2D eigenvalue weighted by Crippen LogP contribution is 2.33. The van der Waals surface area contributed by atoms with Crippen LogP contribution in [0.2, 0.25) is 0 Å². The van der Waals surface area contributed by atoms with Gasteiger partial charge in [0.15, 0.2) is 0 Å². The molecular weight excluding hydrogens is 258 g/mol. The van der Waals surface area contributed by atoms with Gasteiger partial charge in [0.1, 0.15) is 0 Å². The van der Waals surface area contributed by atoms with Gasteiger partial charge in [-0.1, -0.05) is 30.7 Å². The predicted molar refractivity (Wildman–Crippen MR) is 88.4 cm³/mol. The minimum absolute atomic E-state index is 0.653. The molecule has 1 aromatic rings. The SMILES string of the molecule is NCCCN1CCN(C2CCCCc3ccccc32)CC1. The van der Waals surface area contributed by atoms with Crippen LogP contribution in [0, 0.1) is 0 Å². The van der Waals surface area contributed by atoms with Crippen LogP contribution < -0.4 is 5.73 Å². The van der Waals surface area contributed by atoms with Crippen molar-refractivity contribution in [3.8, 4) is 0 Å². The molecule has 1 heterocycles. The number of aryl methyl sites for hydroxylation is 1. The van der Waals surface area contributed by atoms with E-state index in [-0.39, 0.29) is 0 Å². The zero-order chi connectivity index (χ0) is 14.5. The first kappa shape index (κ1) is 15.0. The summed E-state index contributed by atoms with van der Waals surface area (Å²) >= 11 is 0. The van der Waals surface area contributed by atoms with Crippen molar-refractivity contribution in [3.05, 3.63) is 35.4 Å². The highest BCUT2D eigenvalue weighted by atomic mass is 15.3. The molecule has 1 saturated heterocycles. The molecule has 0 spiro atoms. The number of hydrogen-bond donors (Lipinski definition) is 1. The summed E-state index contributed by atoms with van der Waals surface area (Å²) in [6.45, 7) is 6.83. The Hall–Kier alpha value is -0.900. The highest BCUT2D eigenvalue weighted by molar-refractivity contribution is 5.31. The molecule has 1 unspecified atom stereocenters. The van der Waals surface area contributed by atoms with Gasteiger partial charge in [0.2, 0.25) is 0 Å². The first-order valence-electron chi connectivity index (χ1n) is 8.63. The lowest BCUT2D eigenvalue weighted by Gasteiger charge is -2.39. The second-order valence-corrected chi connectivity index (χ2v) is 6.48. The molecule has 1 aromatic carbocycles. The zero-order valence-corrected chi connectivity index (χ0v) is 13.1. The Morgan fingerprint density at radius 2 is 1.86 bits per heavy atom. The van der Waals surface area contributed by atoms with Crippen LogP contribution in [-0.2, 0) is 6.42 Å². The number of hydrogen-bond acceptors (Lipinski definition) is 3. The average molecular weight is 287 g/mol. The van der Waals surface area contributed by atoms with Gasteiger partial charge in [0, 0.05) is 32.2 Å². The summed E-state index contributed by atoms with van der Waals surface area (Å²) in [6, 6.07) is 9.78. The maximum atomic E-state index is 5.62. The van der Waals surface area contributed by atoms with Crippen LogP contribution in [0.25, 0.3) is 0 Å². The monoisotopic (exact) mass is 287 g/mol. The second kappa shape index (κ2) is 7.39. The van der Waals surface area contributed by atoms with E-state index in [4.69, 9.17) is 5.73 Å². The molecule has 2 aliphatic rings. The molecule has 0 saturated carbocycles. The van der Waals surface area contributed by atoms with Crippen LogP contribution in [0.4, 0.5) is 0 Å². The number of nitrogens with two attached hydrogens (primary N) is 1. The number of nitrogens with zero attached hydrogens (tertiary/aromatic N) is 2. The minimum atomic E-state index is 0.653. The quantitative estimate of drug-likeness (QED) is 0.863. The third kappa shape index (κ3) is 3.65. The lowest BCUT2D eigenvalue weighted by Crippen LogP contribution is -2.48. The number of fused-ring (bicyclic) bond motifs is 1. The van der Waals surface area contributed by atoms with Gasteiger partial charge >= 0.3 is 0 Å². The van der Waals surface area contributed by atoms with E-state index in [9.17, 15) is 0 Å². The van der Waals surface area contributed by atoms with Crippen molar-refractivity contribution < 1.29 is 0 Å². The Labute approximate surface area is 129 Å². The van der Waals surface area contributed by atoms with Crippen molar-refractivity contribution in [2.45, 2.75) is 38.1 Å². The first-order chi connectivity index (χ1) is 10.4. The van der Waals surface area contributed by atoms with Gasteiger partial charge in [-0.2, -0.15) is 0 Å². The van der Waals surface area contributed by atoms with Crippen molar-refractivity contribution in [1.29, 1.82) is 0 Å². The van der Waals surface area contributed by atoms with E-state index in [1.54, 1.807) is 11.1 Å². The first-order valence-corrected chi connectivity index (χ1v) is 8.63. The molecule has 1 aliphatic heterocycles. The van der Waals surface area contributed by atoms with Crippen molar-refractivity contribution in [2.24, 2.45) is 5.73 Å². The van der Waals surface area contributed by atoms with Gasteiger partial charge in [0.05, 0.1) is 0 Å². The molecule has 2 N–H and O–H groups in total. The lowest BCUT2D eigenvalue weighted by atomic mass is 9.97. The van der Waals surface area contributed by atoms with Crippen molar-refractivity contribution >= 4 is 0 Å². The summed E-state index contributed by atoms with van der Waals surface area (Å²) < 4.78 is 0. The van der Waals surface area contributed by atoms with Crippen molar-refractivity contribution in [3.63, 3.8) is 0 Å². The maximum Gasteiger partial charge on any atom is 0.0351 e. The van der Waals surface area contributed by atoms with Gasteiger partial charge in [-0.25, -0.2) is 0 Å². The minimum Gasteiger partial charge on any atom is -0.330 e. The molecule has 0 amide bonds. The van der Waals surface area contributed by atoms with E-state index in [1.807, 2.05) is 0 Å². The summed E-state index contributed by atoms with van der Waals surface area (Å²) in [4.78, 5) is 5.30. The van der Waals surface area contributed by atoms with Crippen LogP contribution in [0.5, 0.6) is 0 Å². The second-order valence-electron chi connectivity index (χ2n) is 6.48. The number of benzene rings is 1. The fourth-order valence-electron chi connectivity index (χ4n) is 3.89. The Kier molecular flexibility index (Phi) is 5.28. The highest BCUT2D eigenvalue weighted by Gasteiger charge is 2.27. The van der Waals surface area contributed by atoms with Gasteiger partial charge in [-0.3, -0.25) is 4.90 Å². The smallest absolute Gasteiger partial charge is 0.0351 e. The predicted octanol–water partition coefficient (Wildman–Crippen LogP) is 2.42. The number of piperazine rings is 1. The van der Waals surface area contributed by atoms with Crippen LogP contribution in [0.1, 0.15) is 42.9 Å². The topological polar surface area (TPSA) is 32.5 Å². The molecule has 1 fully saturated rings. The normalized spacial score (nSPS) is 24.5. The lowest BCUT2D eigenvalue weighted by molar-refractivity contribution is 0.0912. The largest absolute Gasteiger partial charge is 0.330 e. The molecule has 116 valence electrons. The molecule has 3 rings (SSSR count). The fourth-order valence-corrected chi connectivity index (χ4v) is 3.89. The molecule has 3 nitrogen and oxygen atoms in total. The number of rotatable bonds is 4. The Morgan fingerprint density at radius 1 is 1.05 bits per heavy atom. The molecule has 3 heteroatoms. The molecule has 21 heavy (non-hydrogen) atoms. The zero-order valence-electron chi connectivity index (χ0n) is 13.1. The van der Waals surface area contributed by atoms with Crippen LogP contribution >= 0.6 is 0 Å². The molecule has 1 atom stereocenters. The molecule has 0 aromatic heterocycles. The van der Waals surface area contributed by atoms with E-state index < -0.39 is 0 Å². The van der Waals surface area contributed by atoms with E-state index in [0.717, 1.165) is 13.0 Å². The standard InChI is InChI=1S/C18H29N3/c19-10-5-11-20-12-14-21(15-13-20)18-9-4-2-7-16-6-1-3-8-17(16)18/h1,3,6,8,18H,2,4-5,7,9-15,19H2. The van der Waals surface area contributed by atoms with E-state index in [2.05, 4.69) is 34.1 Å². The summed E-state index contributed by atoms with van der Waals surface area (Å²) in [5.41, 5.74) is 8.81. The third-order valence-corrected chi connectivity index (χ3v) is 5.11. The molecule has 0 bridgehead atoms. The summed E-state index contributed by atoms with van der Waals surface area (Å²) in [5.74, 6) is 0. The maximum absolute atomic E-state index is 5.62. The average Bonchev–Trinajstić information content (AvgIpc) is 2.76. The van der Waals surface area contributed by atoms with Gasteiger partial charge in [-0.15, -0.1) is 0 Å². The van der Waals surface area contributed by atoms with Crippen LogP contribution in [0.15, 0.2) is 24.3 Å². The van der Waals surface area contributed by atoms with Gasteiger partial charge < -0.3 is 10.6 Å². The third-order valence-electron chi connectivity index (χ3n) is 5.11. The molecule has 1 aliphatic carbocycles. The van der Waals surface area contributed by atoms with E-state index in [1.165, 1.54) is 58.4 Å². The fraction of sp³-hybridized carbons (Fsp3) is 0.667. The molecule has 0 radical (unpaired) electrons. The van der Waals surface area contributed by atoms with Gasteiger partial charge in [-0.05, 0) is 49.9 Å². The van der Waals surface area contributed by atoms with Crippen LogP contribution in [-0.4, -0.2) is 49.1 Å².